The van der Waals surface area contributed by atoms with Gasteiger partial charge in [0.25, 0.3) is 0 Å². The highest BCUT2D eigenvalue weighted by molar-refractivity contribution is 5.90. The van der Waals surface area contributed by atoms with E-state index in [0.717, 1.165) is 44.1 Å². The lowest BCUT2D eigenvalue weighted by molar-refractivity contribution is -0.140. The van der Waals surface area contributed by atoms with Gasteiger partial charge in [-0.25, -0.2) is 4.79 Å². The second-order valence-electron chi connectivity index (χ2n) is 12.8. The second kappa shape index (κ2) is 11.4. The zero-order valence-corrected chi connectivity index (χ0v) is 23.5. The van der Waals surface area contributed by atoms with Gasteiger partial charge in [0.15, 0.2) is 0 Å². The maximum Gasteiger partial charge on any atom is 0.334 e. The molecule has 1 saturated heterocycles. The molecule has 1 heterocycles. The number of ether oxygens (including phenoxy) is 1. The van der Waals surface area contributed by atoms with Crippen LogP contribution in [0.5, 0.6) is 0 Å². The molecule has 1 aliphatic heterocycles. The summed E-state index contributed by atoms with van der Waals surface area (Å²) >= 11 is 0. The maximum atomic E-state index is 12.5. The van der Waals surface area contributed by atoms with E-state index in [0.29, 0.717) is 28.7 Å². The van der Waals surface area contributed by atoms with Gasteiger partial charge in [0.1, 0.15) is 6.10 Å². The van der Waals surface area contributed by atoms with Crippen molar-refractivity contribution >= 4 is 5.97 Å². The molecule has 3 heteroatoms. The van der Waals surface area contributed by atoms with Crippen LogP contribution in [-0.4, -0.2) is 23.3 Å². The molecule has 1 N–H and O–H groups in total. The average Bonchev–Trinajstić information content (AvgIpc) is 3.40. The van der Waals surface area contributed by atoms with E-state index in [4.69, 9.17) is 4.74 Å². The lowest BCUT2D eigenvalue weighted by atomic mass is 9.60. The van der Waals surface area contributed by atoms with Crippen LogP contribution in [0, 0.1) is 29.1 Å². The van der Waals surface area contributed by atoms with E-state index in [-0.39, 0.29) is 24.1 Å². The van der Waals surface area contributed by atoms with Gasteiger partial charge in [-0.3, -0.25) is 0 Å². The number of hydrogen-bond acceptors (Lipinski definition) is 3. The molecule has 0 radical (unpaired) electrons. The van der Waals surface area contributed by atoms with E-state index < -0.39 is 0 Å². The fourth-order valence-corrected chi connectivity index (χ4v) is 8.39. The number of benzene rings is 1. The number of fused-ring (bicyclic) bond motifs is 1. The molecule has 3 saturated carbocycles. The first kappa shape index (κ1) is 27.2. The summed E-state index contributed by atoms with van der Waals surface area (Å²) < 4.78 is 5.93. The Bertz CT molecular complexity index is 1110. The Labute approximate surface area is 229 Å². The Morgan fingerprint density at radius 3 is 2.66 bits per heavy atom. The molecule has 3 nitrogen and oxygen atoms in total. The fraction of sp³-hybridized carbons (Fsp3) is 0.571. The molecule has 0 aromatic heterocycles. The first-order valence-corrected chi connectivity index (χ1v) is 15.0. The molecule has 4 fully saturated rings. The molecule has 38 heavy (non-hydrogen) atoms. The van der Waals surface area contributed by atoms with Crippen molar-refractivity contribution in [2.45, 2.75) is 96.7 Å². The van der Waals surface area contributed by atoms with Crippen molar-refractivity contribution in [1.82, 2.24) is 0 Å². The van der Waals surface area contributed by atoms with Gasteiger partial charge in [-0.15, -0.1) is 0 Å². The number of rotatable bonds is 7. The first-order chi connectivity index (χ1) is 18.3. The molecule has 0 amide bonds. The second-order valence-corrected chi connectivity index (χ2v) is 12.8. The van der Waals surface area contributed by atoms with Crippen molar-refractivity contribution in [2.75, 3.05) is 0 Å². The highest BCUT2D eigenvalue weighted by Gasteiger charge is 2.51. The number of esters is 1. The molecule has 7 atom stereocenters. The molecular formula is C35H46O3. The van der Waals surface area contributed by atoms with Gasteiger partial charge in [0.05, 0.1) is 6.10 Å². The summed E-state index contributed by atoms with van der Waals surface area (Å²) in [7, 11) is 0. The zero-order valence-electron chi connectivity index (χ0n) is 23.5. The van der Waals surface area contributed by atoms with Crippen molar-refractivity contribution in [3.8, 4) is 0 Å². The molecule has 0 bridgehead atoms. The SMILES string of the molecule is C=C1C(=O)OC(C[C@@H](C)C2CC[C@H]3/C(=C/C=C4/CCC[C@H](O)C4=C)CCC[C@]23C)C1CCc1ccccc1. The summed E-state index contributed by atoms with van der Waals surface area (Å²) in [5.41, 5.74) is 6.01. The predicted octanol–water partition coefficient (Wildman–Crippen LogP) is 7.91. The van der Waals surface area contributed by atoms with Crippen LogP contribution in [-0.2, 0) is 16.0 Å². The van der Waals surface area contributed by atoms with Gasteiger partial charge in [-0.2, -0.15) is 0 Å². The normalized spacial score (nSPS) is 36.5. The third-order valence-corrected chi connectivity index (χ3v) is 10.6. The van der Waals surface area contributed by atoms with Gasteiger partial charge in [-0.1, -0.05) is 75.1 Å². The minimum atomic E-state index is -0.376. The Hall–Kier alpha value is -2.39. The van der Waals surface area contributed by atoms with Crippen LogP contribution in [0.3, 0.4) is 0 Å². The molecule has 0 spiro atoms. The predicted molar refractivity (Wildman–Crippen MR) is 154 cm³/mol. The molecule has 5 rings (SSSR count). The number of aryl methyl sites for hydroxylation is 1. The molecule has 204 valence electrons. The van der Waals surface area contributed by atoms with Gasteiger partial charge in [-0.05, 0) is 111 Å². The Balaban J connectivity index is 1.27. The minimum absolute atomic E-state index is 0.0524. The summed E-state index contributed by atoms with van der Waals surface area (Å²) in [5.74, 6) is 1.68. The van der Waals surface area contributed by atoms with E-state index in [9.17, 15) is 9.90 Å². The topological polar surface area (TPSA) is 46.5 Å². The Morgan fingerprint density at radius 2 is 1.87 bits per heavy atom. The molecule has 3 unspecified atom stereocenters. The van der Waals surface area contributed by atoms with Crippen molar-refractivity contribution < 1.29 is 14.6 Å². The third-order valence-electron chi connectivity index (χ3n) is 10.6. The van der Waals surface area contributed by atoms with Crippen LogP contribution >= 0.6 is 0 Å². The van der Waals surface area contributed by atoms with Crippen LogP contribution in [0.2, 0.25) is 0 Å². The monoisotopic (exact) mass is 514 g/mol. The van der Waals surface area contributed by atoms with Crippen molar-refractivity contribution in [3.63, 3.8) is 0 Å². The van der Waals surface area contributed by atoms with Crippen molar-refractivity contribution in [3.05, 3.63) is 83.5 Å². The average molecular weight is 515 g/mol. The molecule has 1 aromatic carbocycles. The fourth-order valence-electron chi connectivity index (χ4n) is 8.39. The molecule has 3 aliphatic carbocycles. The summed E-state index contributed by atoms with van der Waals surface area (Å²) in [6.07, 6.45) is 16.1. The van der Waals surface area contributed by atoms with Gasteiger partial charge in [0, 0.05) is 11.5 Å². The highest BCUT2D eigenvalue weighted by Crippen LogP contribution is 2.60. The summed E-state index contributed by atoms with van der Waals surface area (Å²) in [4.78, 5) is 12.5. The van der Waals surface area contributed by atoms with Crippen molar-refractivity contribution in [2.24, 2.45) is 29.1 Å². The van der Waals surface area contributed by atoms with Crippen LogP contribution in [0.4, 0.5) is 0 Å². The van der Waals surface area contributed by atoms with Gasteiger partial charge >= 0.3 is 5.97 Å². The quantitative estimate of drug-likeness (QED) is 0.297. The molecule has 1 aromatic rings. The number of hydrogen-bond donors (Lipinski definition) is 1. The van der Waals surface area contributed by atoms with Gasteiger partial charge in [0.2, 0.25) is 0 Å². The number of carbonyl (C=O) groups excluding carboxylic acids is 1. The first-order valence-electron chi connectivity index (χ1n) is 15.0. The lowest BCUT2D eigenvalue weighted by Crippen LogP contribution is -2.37. The van der Waals surface area contributed by atoms with Crippen molar-refractivity contribution in [1.29, 1.82) is 0 Å². The maximum absolute atomic E-state index is 12.5. The van der Waals surface area contributed by atoms with Crippen LogP contribution in [0.25, 0.3) is 0 Å². The molecule has 4 aliphatic rings. The number of aliphatic hydroxyl groups is 1. The van der Waals surface area contributed by atoms with Crippen LogP contribution in [0.1, 0.15) is 83.6 Å². The van der Waals surface area contributed by atoms with E-state index in [1.165, 1.54) is 43.2 Å². The number of cyclic esters (lactones) is 1. The highest BCUT2D eigenvalue weighted by atomic mass is 16.6. The minimum Gasteiger partial charge on any atom is -0.458 e. The number of aliphatic hydroxyl groups excluding tert-OH is 1. The summed E-state index contributed by atoms with van der Waals surface area (Å²) in [5, 5.41) is 10.2. The lowest BCUT2D eigenvalue weighted by Gasteiger charge is -2.44. The van der Waals surface area contributed by atoms with E-state index in [2.05, 4.69) is 63.4 Å². The summed E-state index contributed by atoms with van der Waals surface area (Å²) in [6, 6.07) is 10.5. The Morgan fingerprint density at radius 1 is 1.08 bits per heavy atom. The largest absolute Gasteiger partial charge is 0.458 e. The standard InChI is InChI=1S/C35H46O3/c1-23(22-33-29(25(3)34(37)38-33)18-15-26-10-6-5-7-11-26)30-19-20-31-28(13-9-21-35(30,31)4)17-16-27-12-8-14-32(36)24(27)2/h5-7,10-11,16-17,23,29-33,36H,2-3,8-9,12-15,18-22H2,1,4H3/b27-16-,28-17+/t23-,29?,30?,31+,32+,33?,35-/m1/s1. The number of carbonyl (C=O) groups is 1. The molecular weight excluding hydrogens is 468 g/mol. The summed E-state index contributed by atoms with van der Waals surface area (Å²) in [6.45, 7) is 13.2. The van der Waals surface area contributed by atoms with E-state index >= 15 is 0 Å². The Kier molecular flexibility index (Phi) is 8.14. The smallest absolute Gasteiger partial charge is 0.334 e. The van der Waals surface area contributed by atoms with E-state index in [1.807, 2.05) is 6.07 Å². The zero-order chi connectivity index (χ0) is 26.9. The van der Waals surface area contributed by atoms with Crippen LogP contribution in [0.15, 0.2) is 77.9 Å². The third kappa shape index (κ3) is 5.37. The van der Waals surface area contributed by atoms with Gasteiger partial charge < -0.3 is 9.84 Å². The van der Waals surface area contributed by atoms with E-state index in [1.54, 1.807) is 5.57 Å². The number of allylic oxidation sites excluding steroid dienone is 3. The van der Waals surface area contributed by atoms with Crippen LogP contribution < -0.4 is 0 Å².